The SMILES string of the molecule is C=CCCCCOC(=O)[C@@H]1[C@H]2C(=O)N([C@@H](CO)Cc3ccccc3)C(C(=O)N(CC=C)C3CCCCC3)C23CC[C@@]1(C)S3. The molecule has 7 nitrogen and oxygen atoms in total. The largest absolute Gasteiger partial charge is 0.465 e. The lowest BCUT2D eigenvalue weighted by atomic mass is 9.66. The molecule has 4 aliphatic rings. The maximum Gasteiger partial charge on any atom is 0.311 e. The third-order valence-corrected chi connectivity index (χ3v) is 12.3. The molecule has 1 aliphatic carbocycles. The van der Waals surface area contributed by atoms with Crippen molar-refractivity contribution in [2.24, 2.45) is 11.8 Å². The Morgan fingerprint density at radius 2 is 1.88 bits per heavy atom. The number of unbranched alkanes of at least 4 members (excludes halogenated alkanes) is 2. The highest BCUT2D eigenvalue weighted by Gasteiger charge is 2.78. The van der Waals surface area contributed by atoms with Gasteiger partial charge in [0.25, 0.3) is 0 Å². The fourth-order valence-electron chi connectivity index (χ4n) is 8.29. The van der Waals surface area contributed by atoms with Crippen LogP contribution < -0.4 is 0 Å². The minimum absolute atomic E-state index is 0.0654. The molecule has 4 fully saturated rings. The van der Waals surface area contributed by atoms with Crippen LogP contribution in [0.4, 0.5) is 0 Å². The molecule has 5 rings (SSSR count). The minimum atomic E-state index is -0.759. The Morgan fingerprint density at radius 3 is 2.56 bits per heavy atom. The van der Waals surface area contributed by atoms with E-state index < -0.39 is 33.4 Å². The standard InChI is InChI=1S/C35H48N2O5S/c1-4-6-7-14-22-42-33(41)29-28-31(39)37(27(24-38)23-25-15-10-8-11-16-25)30(35(28)20-19-34(29,3)43-35)32(40)36(21-5-2)26-17-12-9-13-18-26/h4-5,8,10-11,15-16,26-30,38H,1-2,6-7,9,12-14,17-24H2,3H3/t27-,28+,29+,30?,34-,35?/m1/s1. The van der Waals surface area contributed by atoms with Gasteiger partial charge in [-0.1, -0.05) is 61.7 Å². The number of esters is 1. The first-order chi connectivity index (χ1) is 20.8. The van der Waals surface area contributed by atoms with Crippen LogP contribution >= 0.6 is 11.8 Å². The lowest BCUT2D eigenvalue weighted by Crippen LogP contribution is -2.59. The number of amides is 2. The average molecular weight is 609 g/mol. The number of allylic oxidation sites excluding steroid dienone is 1. The van der Waals surface area contributed by atoms with Gasteiger partial charge in [-0.2, -0.15) is 0 Å². The topological polar surface area (TPSA) is 87.1 Å². The van der Waals surface area contributed by atoms with Crippen molar-refractivity contribution in [3.63, 3.8) is 0 Å². The van der Waals surface area contributed by atoms with Crippen LogP contribution in [0.5, 0.6) is 0 Å². The lowest BCUT2D eigenvalue weighted by molar-refractivity contribution is -0.156. The number of carbonyl (C=O) groups excluding carboxylic acids is 3. The molecule has 3 aliphatic heterocycles. The number of thioether (sulfide) groups is 1. The molecule has 0 aromatic heterocycles. The third-order valence-electron chi connectivity index (χ3n) is 10.3. The second-order valence-electron chi connectivity index (χ2n) is 13.0. The summed E-state index contributed by atoms with van der Waals surface area (Å²) in [5.41, 5.74) is 0.990. The van der Waals surface area contributed by atoms with Crippen LogP contribution in [0, 0.1) is 11.8 Å². The number of benzene rings is 1. The molecule has 8 heteroatoms. The van der Waals surface area contributed by atoms with Crippen molar-refractivity contribution in [1.29, 1.82) is 0 Å². The maximum atomic E-state index is 14.9. The van der Waals surface area contributed by atoms with Crippen molar-refractivity contribution in [3.8, 4) is 0 Å². The molecule has 43 heavy (non-hydrogen) atoms. The van der Waals surface area contributed by atoms with Gasteiger partial charge in [0.2, 0.25) is 11.8 Å². The molecular formula is C35H48N2O5S. The first-order valence-electron chi connectivity index (χ1n) is 16.2. The van der Waals surface area contributed by atoms with E-state index in [9.17, 15) is 19.5 Å². The Labute approximate surface area is 261 Å². The molecular weight excluding hydrogens is 560 g/mol. The summed E-state index contributed by atoms with van der Waals surface area (Å²) in [5, 5.41) is 10.8. The fourth-order valence-corrected chi connectivity index (χ4v) is 10.6. The molecule has 234 valence electrons. The van der Waals surface area contributed by atoms with Crippen LogP contribution in [0.25, 0.3) is 0 Å². The summed E-state index contributed by atoms with van der Waals surface area (Å²) in [6.45, 7) is 10.3. The van der Waals surface area contributed by atoms with Crippen LogP contribution in [0.15, 0.2) is 55.6 Å². The summed E-state index contributed by atoms with van der Waals surface area (Å²) in [5.74, 6) is -1.88. The van der Waals surface area contributed by atoms with Gasteiger partial charge in [-0.3, -0.25) is 14.4 Å². The number of aliphatic hydroxyl groups excluding tert-OH is 1. The number of hydrogen-bond acceptors (Lipinski definition) is 6. The van der Waals surface area contributed by atoms with Gasteiger partial charge in [0.1, 0.15) is 6.04 Å². The molecule has 2 unspecified atom stereocenters. The Balaban J connectivity index is 1.52. The molecule has 1 aromatic rings. The number of hydrogen-bond donors (Lipinski definition) is 1. The zero-order chi connectivity index (χ0) is 30.6. The molecule has 3 saturated heterocycles. The molecule has 1 N–H and O–H groups in total. The first-order valence-corrected chi connectivity index (χ1v) is 17.0. The Hall–Kier alpha value is -2.58. The zero-order valence-electron chi connectivity index (χ0n) is 25.6. The summed E-state index contributed by atoms with van der Waals surface area (Å²) in [6, 6.07) is 8.56. The highest BCUT2D eigenvalue weighted by Crippen LogP contribution is 2.72. The number of likely N-dealkylation sites (tertiary alicyclic amines) is 1. The second kappa shape index (κ2) is 13.6. The van der Waals surface area contributed by atoms with Gasteiger partial charge in [0.05, 0.1) is 35.8 Å². The maximum absolute atomic E-state index is 14.9. The monoisotopic (exact) mass is 608 g/mol. The van der Waals surface area contributed by atoms with Gasteiger partial charge >= 0.3 is 5.97 Å². The Morgan fingerprint density at radius 1 is 1.14 bits per heavy atom. The van der Waals surface area contributed by atoms with Crippen molar-refractivity contribution in [3.05, 3.63) is 61.2 Å². The van der Waals surface area contributed by atoms with E-state index in [1.54, 1.807) is 22.7 Å². The highest BCUT2D eigenvalue weighted by atomic mass is 32.2. The van der Waals surface area contributed by atoms with E-state index in [1.165, 1.54) is 6.42 Å². The van der Waals surface area contributed by atoms with E-state index in [0.29, 0.717) is 26.0 Å². The molecule has 0 radical (unpaired) electrons. The summed E-state index contributed by atoms with van der Waals surface area (Å²) in [6.07, 6.45) is 13.2. The van der Waals surface area contributed by atoms with Gasteiger partial charge in [-0.25, -0.2) is 0 Å². The van der Waals surface area contributed by atoms with E-state index in [0.717, 1.165) is 56.9 Å². The predicted octanol–water partition coefficient (Wildman–Crippen LogP) is 5.32. The number of nitrogens with zero attached hydrogens (tertiary/aromatic N) is 2. The first kappa shape index (κ1) is 31.8. The van der Waals surface area contributed by atoms with Gasteiger partial charge < -0.3 is 19.6 Å². The average Bonchev–Trinajstić information content (AvgIpc) is 3.59. The number of fused-ring (bicyclic) bond motifs is 1. The van der Waals surface area contributed by atoms with Gasteiger partial charge in [0, 0.05) is 17.3 Å². The summed E-state index contributed by atoms with van der Waals surface area (Å²) in [4.78, 5) is 47.0. The number of ether oxygens (including phenoxy) is 1. The number of rotatable bonds is 14. The second-order valence-corrected chi connectivity index (χ2v) is 14.9. The van der Waals surface area contributed by atoms with Crippen LogP contribution in [0.3, 0.4) is 0 Å². The fraction of sp³-hybridized carbons (Fsp3) is 0.629. The van der Waals surface area contributed by atoms with Gasteiger partial charge in [-0.15, -0.1) is 24.9 Å². The predicted molar refractivity (Wildman–Crippen MR) is 170 cm³/mol. The van der Waals surface area contributed by atoms with Crippen LogP contribution in [0.2, 0.25) is 0 Å². The third kappa shape index (κ3) is 5.94. The quantitative estimate of drug-likeness (QED) is 0.175. The molecule has 1 spiro atoms. The van der Waals surface area contributed by atoms with E-state index in [4.69, 9.17) is 4.74 Å². The molecule has 2 amide bonds. The molecule has 3 heterocycles. The van der Waals surface area contributed by atoms with Gasteiger partial charge in [-0.05, 0) is 63.9 Å². The van der Waals surface area contributed by atoms with E-state index in [2.05, 4.69) is 20.1 Å². The van der Waals surface area contributed by atoms with Crippen molar-refractivity contribution in [2.45, 2.75) is 105 Å². The molecule has 1 aromatic carbocycles. The number of aliphatic hydroxyl groups is 1. The smallest absolute Gasteiger partial charge is 0.311 e. The van der Waals surface area contributed by atoms with Crippen molar-refractivity contribution >= 4 is 29.5 Å². The Bertz CT molecular complexity index is 1190. The Kier molecular flexibility index (Phi) is 10.1. The zero-order valence-corrected chi connectivity index (χ0v) is 26.4. The van der Waals surface area contributed by atoms with Crippen molar-refractivity contribution < 1.29 is 24.2 Å². The highest BCUT2D eigenvalue weighted by molar-refractivity contribution is 8.02. The van der Waals surface area contributed by atoms with Crippen LogP contribution in [-0.4, -0.2) is 80.1 Å². The summed E-state index contributed by atoms with van der Waals surface area (Å²) in [7, 11) is 0. The van der Waals surface area contributed by atoms with Crippen LogP contribution in [0.1, 0.15) is 76.7 Å². The van der Waals surface area contributed by atoms with E-state index in [-0.39, 0.29) is 30.4 Å². The molecule has 2 bridgehead atoms. The summed E-state index contributed by atoms with van der Waals surface area (Å²) >= 11 is 1.66. The van der Waals surface area contributed by atoms with Crippen LogP contribution in [-0.2, 0) is 25.5 Å². The number of carbonyl (C=O) groups is 3. The van der Waals surface area contributed by atoms with Gasteiger partial charge in [0.15, 0.2) is 0 Å². The molecule has 1 saturated carbocycles. The van der Waals surface area contributed by atoms with E-state index in [1.807, 2.05) is 41.3 Å². The normalized spacial score (nSPS) is 30.6. The molecule has 6 atom stereocenters. The minimum Gasteiger partial charge on any atom is -0.465 e. The lowest BCUT2D eigenvalue weighted by Gasteiger charge is -2.42. The summed E-state index contributed by atoms with van der Waals surface area (Å²) < 4.78 is 4.60. The van der Waals surface area contributed by atoms with Crippen molar-refractivity contribution in [1.82, 2.24) is 9.80 Å². The van der Waals surface area contributed by atoms with Crippen molar-refractivity contribution in [2.75, 3.05) is 19.8 Å². The van der Waals surface area contributed by atoms with E-state index >= 15 is 0 Å².